The molecular weight excluding hydrogens is 302 g/mol. The van der Waals surface area contributed by atoms with Crippen LogP contribution in [0.3, 0.4) is 0 Å². The molecule has 2 aromatic rings. The molecule has 0 N–H and O–H groups in total. The Kier molecular flexibility index (Phi) is 3.53. The van der Waals surface area contributed by atoms with Gasteiger partial charge in [0, 0.05) is 13.1 Å². The maximum absolute atomic E-state index is 5.66. The van der Waals surface area contributed by atoms with Gasteiger partial charge in [-0.25, -0.2) is 0 Å². The summed E-state index contributed by atoms with van der Waals surface area (Å²) in [6, 6.07) is 12.6. The number of anilines is 2. The third kappa shape index (κ3) is 2.04. The highest BCUT2D eigenvalue weighted by Crippen LogP contribution is 2.48. The normalized spacial score (nSPS) is 16.0. The molecule has 0 aromatic heterocycles. The van der Waals surface area contributed by atoms with Crippen molar-refractivity contribution in [1.82, 2.24) is 4.90 Å². The highest BCUT2D eigenvalue weighted by molar-refractivity contribution is 5.76. The number of benzene rings is 2. The fourth-order valence-electron chi connectivity index (χ4n) is 4.02. The average Bonchev–Trinajstić information content (AvgIpc) is 2.59. The van der Waals surface area contributed by atoms with Crippen molar-refractivity contribution in [1.29, 1.82) is 0 Å². The Hall–Kier alpha value is -2.40. The second-order valence-corrected chi connectivity index (χ2v) is 6.50. The number of hydrogen-bond donors (Lipinski definition) is 0. The molecule has 2 aliphatic heterocycles. The standard InChI is InChI=1S/C19H23N3O2/c1-20(2)19-21-12-14-8-6-10-16(24-4)18(14)22(19)11-13-7-5-9-15(23-3)17(13)21/h5-10,19H,11-12H2,1-4H3. The molecule has 0 atom stereocenters. The molecule has 0 amide bonds. The minimum atomic E-state index is 0.137. The summed E-state index contributed by atoms with van der Waals surface area (Å²) in [5, 5.41) is 0. The first-order valence-electron chi connectivity index (χ1n) is 8.17. The predicted molar refractivity (Wildman–Crippen MR) is 95.8 cm³/mol. The van der Waals surface area contributed by atoms with Gasteiger partial charge in [-0.3, -0.25) is 4.90 Å². The second kappa shape index (κ2) is 5.60. The molecule has 0 fully saturated rings. The summed E-state index contributed by atoms with van der Waals surface area (Å²) in [5.74, 6) is 1.87. The molecule has 0 unspecified atom stereocenters. The zero-order valence-corrected chi connectivity index (χ0v) is 14.6. The quantitative estimate of drug-likeness (QED) is 0.865. The lowest BCUT2D eigenvalue weighted by Crippen LogP contribution is -2.61. The van der Waals surface area contributed by atoms with Crippen LogP contribution in [-0.2, 0) is 13.1 Å². The zero-order chi connectivity index (χ0) is 16.8. The summed E-state index contributed by atoms with van der Waals surface area (Å²) in [6.45, 7) is 1.67. The lowest BCUT2D eigenvalue weighted by atomic mass is 9.99. The van der Waals surface area contributed by atoms with Gasteiger partial charge in [0.15, 0.2) is 6.29 Å². The van der Waals surface area contributed by atoms with E-state index < -0.39 is 0 Å². The second-order valence-electron chi connectivity index (χ2n) is 6.50. The molecule has 4 rings (SSSR count). The van der Waals surface area contributed by atoms with Crippen LogP contribution in [0.15, 0.2) is 36.4 Å². The number of hydrogen-bond acceptors (Lipinski definition) is 5. The van der Waals surface area contributed by atoms with Crippen molar-refractivity contribution in [3.63, 3.8) is 0 Å². The summed E-state index contributed by atoms with van der Waals surface area (Å²) in [7, 11) is 7.72. The third-order valence-corrected chi connectivity index (χ3v) is 4.88. The maximum atomic E-state index is 5.66. The highest BCUT2D eigenvalue weighted by Gasteiger charge is 2.41. The van der Waals surface area contributed by atoms with Crippen molar-refractivity contribution >= 4 is 11.4 Å². The molecule has 0 saturated carbocycles. The number of ether oxygens (including phenoxy) is 2. The van der Waals surface area contributed by atoms with Crippen molar-refractivity contribution in [2.24, 2.45) is 0 Å². The summed E-state index contributed by atoms with van der Waals surface area (Å²) in [6.07, 6.45) is 0.137. The average molecular weight is 325 g/mol. The third-order valence-electron chi connectivity index (χ3n) is 4.88. The summed E-state index contributed by atoms with van der Waals surface area (Å²) < 4.78 is 11.3. The van der Waals surface area contributed by atoms with E-state index in [9.17, 15) is 0 Å². The van der Waals surface area contributed by atoms with E-state index in [4.69, 9.17) is 9.47 Å². The summed E-state index contributed by atoms with van der Waals surface area (Å²) in [5.41, 5.74) is 4.96. The molecule has 2 aliphatic rings. The van der Waals surface area contributed by atoms with Crippen LogP contribution in [0.2, 0.25) is 0 Å². The van der Waals surface area contributed by atoms with Crippen molar-refractivity contribution < 1.29 is 9.47 Å². The van der Waals surface area contributed by atoms with Crippen molar-refractivity contribution in [2.75, 3.05) is 38.1 Å². The largest absolute Gasteiger partial charge is 0.495 e. The molecule has 2 aromatic carbocycles. The van der Waals surface area contributed by atoms with E-state index in [1.165, 1.54) is 22.5 Å². The van der Waals surface area contributed by atoms with E-state index in [-0.39, 0.29) is 6.29 Å². The Labute approximate surface area is 143 Å². The van der Waals surface area contributed by atoms with Gasteiger partial charge in [0.2, 0.25) is 0 Å². The molecule has 2 heterocycles. The van der Waals surface area contributed by atoms with Crippen LogP contribution in [0, 0.1) is 0 Å². The number of para-hydroxylation sites is 2. The van der Waals surface area contributed by atoms with E-state index >= 15 is 0 Å². The van der Waals surface area contributed by atoms with Gasteiger partial charge in [-0.2, -0.15) is 0 Å². The smallest absolute Gasteiger partial charge is 0.160 e. The first-order valence-corrected chi connectivity index (χ1v) is 8.17. The van der Waals surface area contributed by atoms with Crippen LogP contribution in [0.1, 0.15) is 11.1 Å². The van der Waals surface area contributed by atoms with Gasteiger partial charge in [-0.1, -0.05) is 24.3 Å². The predicted octanol–water partition coefficient (Wildman–Crippen LogP) is 2.89. The van der Waals surface area contributed by atoms with Gasteiger partial charge in [-0.15, -0.1) is 0 Å². The van der Waals surface area contributed by atoms with Crippen LogP contribution < -0.4 is 19.3 Å². The SMILES string of the molecule is COc1cccc2c1N1Cc3cccc(OC)c3N(C2)C1N(C)C. The number of fused-ring (bicyclic) bond motifs is 6. The number of rotatable bonds is 3. The minimum absolute atomic E-state index is 0.137. The van der Waals surface area contributed by atoms with Gasteiger partial charge in [0.25, 0.3) is 0 Å². The lowest BCUT2D eigenvalue weighted by molar-refractivity contribution is 0.248. The fraction of sp³-hybridized carbons (Fsp3) is 0.368. The van der Waals surface area contributed by atoms with Crippen LogP contribution in [0.4, 0.5) is 11.4 Å². The molecule has 24 heavy (non-hydrogen) atoms. The Morgan fingerprint density at radius 3 is 1.67 bits per heavy atom. The van der Waals surface area contributed by atoms with Crippen LogP contribution in [0.5, 0.6) is 11.5 Å². The monoisotopic (exact) mass is 325 g/mol. The Balaban J connectivity index is 1.93. The zero-order valence-electron chi connectivity index (χ0n) is 14.6. The molecule has 0 aliphatic carbocycles. The van der Waals surface area contributed by atoms with E-state index in [1.807, 2.05) is 12.1 Å². The van der Waals surface area contributed by atoms with Gasteiger partial charge >= 0.3 is 0 Å². The molecule has 2 bridgehead atoms. The molecule has 0 radical (unpaired) electrons. The fourth-order valence-corrected chi connectivity index (χ4v) is 4.02. The maximum Gasteiger partial charge on any atom is 0.160 e. The van der Waals surface area contributed by atoms with E-state index in [0.29, 0.717) is 0 Å². The van der Waals surface area contributed by atoms with E-state index in [2.05, 4.69) is 53.1 Å². The van der Waals surface area contributed by atoms with Crippen molar-refractivity contribution in [3.8, 4) is 11.5 Å². The minimum Gasteiger partial charge on any atom is -0.495 e. The van der Waals surface area contributed by atoms with Gasteiger partial charge in [0.1, 0.15) is 11.5 Å². The first-order chi connectivity index (χ1) is 11.7. The molecule has 5 nitrogen and oxygen atoms in total. The van der Waals surface area contributed by atoms with Crippen molar-refractivity contribution in [2.45, 2.75) is 19.4 Å². The Bertz CT molecular complexity index is 714. The number of methoxy groups -OCH3 is 2. The molecular formula is C19H23N3O2. The summed E-state index contributed by atoms with van der Waals surface area (Å²) in [4.78, 5) is 7.07. The molecule has 0 spiro atoms. The van der Waals surface area contributed by atoms with E-state index in [1.54, 1.807) is 14.2 Å². The summed E-state index contributed by atoms with van der Waals surface area (Å²) >= 11 is 0. The molecule has 5 heteroatoms. The van der Waals surface area contributed by atoms with Gasteiger partial charge in [0.05, 0.1) is 25.6 Å². The van der Waals surface area contributed by atoms with Crippen LogP contribution in [0.25, 0.3) is 0 Å². The first kappa shape index (κ1) is 15.1. The topological polar surface area (TPSA) is 28.2 Å². The Morgan fingerprint density at radius 1 is 0.833 bits per heavy atom. The number of nitrogens with zero attached hydrogens (tertiary/aromatic N) is 3. The Morgan fingerprint density at radius 2 is 1.29 bits per heavy atom. The van der Waals surface area contributed by atoms with E-state index in [0.717, 1.165) is 24.6 Å². The van der Waals surface area contributed by atoms with Crippen molar-refractivity contribution in [3.05, 3.63) is 47.5 Å². The van der Waals surface area contributed by atoms with Gasteiger partial charge in [-0.05, 0) is 37.4 Å². The van der Waals surface area contributed by atoms with Crippen LogP contribution >= 0.6 is 0 Å². The molecule has 126 valence electrons. The molecule has 0 saturated heterocycles. The highest BCUT2D eigenvalue weighted by atomic mass is 16.5. The van der Waals surface area contributed by atoms with Gasteiger partial charge < -0.3 is 19.3 Å². The lowest BCUT2D eigenvalue weighted by Gasteiger charge is -2.53. The van der Waals surface area contributed by atoms with Crippen LogP contribution in [-0.4, -0.2) is 39.5 Å².